The van der Waals surface area contributed by atoms with E-state index in [1.165, 1.54) is 12.1 Å². The molecule has 0 aliphatic rings. The molecule has 0 aliphatic carbocycles. The topological polar surface area (TPSA) is 46.5 Å². The van der Waals surface area contributed by atoms with Gasteiger partial charge in [-0.1, -0.05) is 12.1 Å². The Hall–Kier alpha value is -0.510. The molecular weight excluding hydrogens is 191 g/mol. The zero-order valence-electron chi connectivity index (χ0n) is 7.65. The van der Waals surface area contributed by atoms with Gasteiger partial charge in [-0.05, 0) is 26.0 Å². The van der Waals surface area contributed by atoms with Gasteiger partial charge in [-0.25, -0.2) is 4.79 Å². The zero-order valence-corrected chi connectivity index (χ0v) is 7.65. The van der Waals surface area contributed by atoms with Crippen LogP contribution in [0.15, 0.2) is 24.3 Å². The van der Waals surface area contributed by atoms with E-state index in [2.05, 4.69) is 0 Å². The first-order chi connectivity index (χ1) is 6.11. The second-order valence-corrected chi connectivity index (χ2v) is 2.97. The van der Waals surface area contributed by atoms with E-state index >= 15 is 0 Å². The monoisotopic (exact) mass is 204 g/mol. The first-order valence-corrected chi connectivity index (χ1v) is 4.10. The molecule has 3 nitrogen and oxygen atoms in total. The minimum atomic E-state index is -0.492. The van der Waals surface area contributed by atoms with Crippen LogP contribution in [0.3, 0.4) is 0 Å². The van der Waals surface area contributed by atoms with Gasteiger partial charge >= 0.3 is 35.5 Å². The summed E-state index contributed by atoms with van der Waals surface area (Å²) in [7, 11) is 0. The fraction of sp³-hybridized carbons (Fsp3) is 0.300. The van der Waals surface area contributed by atoms with Gasteiger partial charge in [0.1, 0.15) is 11.3 Å². The third-order valence-corrected chi connectivity index (χ3v) is 1.47. The van der Waals surface area contributed by atoms with Gasteiger partial charge in [-0.15, -0.1) is 0 Å². The molecule has 0 fully saturated rings. The average Bonchev–Trinajstić information content (AvgIpc) is 2.03. The molecule has 4 heteroatoms. The first kappa shape index (κ1) is 13.5. The zero-order chi connectivity index (χ0) is 9.84. The van der Waals surface area contributed by atoms with Crippen LogP contribution in [0.2, 0.25) is 0 Å². The van der Waals surface area contributed by atoms with Crippen LogP contribution in [0.5, 0.6) is 5.75 Å². The summed E-state index contributed by atoms with van der Waals surface area (Å²) >= 11 is 0. The number of rotatable bonds is 2. The van der Waals surface area contributed by atoms with Gasteiger partial charge in [0.25, 0.3) is 0 Å². The van der Waals surface area contributed by atoms with Crippen molar-refractivity contribution in [1.82, 2.24) is 0 Å². The Morgan fingerprint density at radius 2 is 1.93 bits per heavy atom. The molecule has 0 amide bonds. The van der Waals surface area contributed by atoms with Crippen molar-refractivity contribution < 1.29 is 14.6 Å². The molecule has 0 spiro atoms. The van der Waals surface area contributed by atoms with E-state index in [1.54, 1.807) is 26.0 Å². The molecular formula is C10H13NaO3. The Kier molecular flexibility index (Phi) is 5.84. The molecule has 1 N–H and O–H groups in total. The van der Waals surface area contributed by atoms with E-state index in [0.717, 1.165) is 0 Å². The third-order valence-electron chi connectivity index (χ3n) is 1.47. The van der Waals surface area contributed by atoms with Crippen molar-refractivity contribution in [3.05, 3.63) is 29.8 Å². The quantitative estimate of drug-likeness (QED) is 0.583. The fourth-order valence-electron chi connectivity index (χ4n) is 0.924. The van der Waals surface area contributed by atoms with Gasteiger partial charge in [0, 0.05) is 0 Å². The number of hydrogen-bond acceptors (Lipinski definition) is 3. The molecule has 1 rings (SSSR count). The summed E-state index contributed by atoms with van der Waals surface area (Å²) in [5.41, 5.74) is 0.205. The number of para-hydroxylation sites is 1. The second-order valence-electron chi connectivity index (χ2n) is 2.97. The van der Waals surface area contributed by atoms with E-state index in [4.69, 9.17) is 4.74 Å². The number of hydrogen-bond donors (Lipinski definition) is 1. The summed E-state index contributed by atoms with van der Waals surface area (Å²) < 4.78 is 4.92. The van der Waals surface area contributed by atoms with Crippen molar-refractivity contribution in [3.63, 3.8) is 0 Å². The van der Waals surface area contributed by atoms with Crippen molar-refractivity contribution in [2.45, 2.75) is 20.0 Å². The van der Waals surface area contributed by atoms with Crippen molar-refractivity contribution in [2.24, 2.45) is 0 Å². The Morgan fingerprint density at radius 1 is 1.36 bits per heavy atom. The Balaban J connectivity index is 0.00000169. The van der Waals surface area contributed by atoms with Crippen LogP contribution in [-0.4, -0.2) is 46.7 Å². The first-order valence-electron chi connectivity index (χ1n) is 4.10. The van der Waals surface area contributed by atoms with Gasteiger partial charge in [0.15, 0.2) is 0 Å². The molecule has 72 valence electrons. The maximum atomic E-state index is 11.3. The molecule has 0 saturated heterocycles. The second kappa shape index (κ2) is 6.06. The van der Waals surface area contributed by atoms with Crippen molar-refractivity contribution >= 4 is 35.5 Å². The van der Waals surface area contributed by atoms with Gasteiger partial charge in [0.2, 0.25) is 0 Å². The Labute approximate surface area is 105 Å². The Morgan fingerprint density at radius 3 is 2.43 bits per heavy atom. The maximum absolute atomic E-state index is 11.3. The predicted molar refractivity (Wildman–Crippen MR) is 55.8 cm³/mol. The summed E-state index contributed by atoms with van der Waals surface area (Å²) in [6, 6.07) is 6.31. The average molecular weight is 204 g/mol. The number of benzene rings is 1. The number of phenols is 1. The van der Waals surface area contributed by atoms with Crippen molar-refractivity contribution in [3.8, 4) is 5.75 Å². The summed E-state index contributed by atoms with van der Waals surface area (Å²) in [5, 5.41) is 9.29. The molecule has 0 aromatic heterocycles. The van der Waals surface area contributed by atoms with Crippen molar-refractivity contribution in [2.75, 3.05) is 0 Å². The van der Waals surface area contributed by atoms with E-state index in [1.807, 2.05) is 0 Å². The number of ether oxygens (including phenoxy) is 1. The third kappa shape index (κ3) is 3.70. The molecule has 0 bridgehead atoms. The van der Waals surface area contributed by atoms with Gasteiger partial charge in [-0.3, -0.25) is 0 Å². The van der Waals surface area contributed by atoms with Crippen LogP contribution in [0.1, 0.15) is 24.2 Å². The molecule has 0 atom stereocenters. The van der Waals surface area contributed by atoms with Crippen LogP contribution < -0.4 is 0 Å². The standard InChI is InChI=1S/C10H12O3.Na.H/c1-7(2)13-10(12)8-5-3-4-6-9(8)11;;/h3-7,11H,1-2H3;;. The molecule has 14 heavy (non-hydrogen) atoms. The molecule has 0 heterocycles. The van der Waals surface area contributed by atoms with Gasteiger partial charge < -0.3 is 9.84 Å². The van der Waals surface area contributed by atoms with E-state index < -0.39 is 5.97 Å². The molecule has 1 aromatic carbocycles. The SMILES string of the molecule is CC(C)OC(=O)c1ccccc1O.[NaH]. The van der Waals surface area contributed by atoms with Crippen molar-refractivity contribution in [1.29, 1.82) is 0 Å². The molecule has 0 aliphatic heterocycles. The molecule has 0 unspecified atom stereocenters. The number of aromatic hydroxyl groups is 1. The van der Waals surface area contributed by atoms with Crippen LogP contribution in [0, 0.1) is 0 Å². The van der Waals surface area contributed by atoms with Crippen LogP contribution in [-0.2, 0) is 4.74 Å². The predicted octanol–water partition coefficient (Wildman–Crippen LogP) is 1.31. The van der Waals surface area contributed by atoms with E-state index in [-0.39, 0.29) is 47.0 Å². The van der Waals surface area contributed by atoms with Gasteiger partial charge in [0.05, 0.1) is 6.10 Å². The summed E-state index contributed by atoms with van der Waals surface area (Å²) in [5.74, 6) is -0.541. The molecule has 0 saturated carbocycles. The van der Waals surface area contributed by atoms with Crippen LogP contribution >= 0.6 is 0 Å². The summed E-state index contributed by atoms with van der Waals surface area (Å²) in [4.78, 5) is 11.3. The molecule has 0 radical (unpaired) electrons. The fourth-order valence-corrected chi connectivity index (χ4v) is 0.924. The number of carbonyl (C=O) groups excluding carboxylic acids is 1. The number of phenolic OH excluding ortho intramolecular Hbond substituents is 1. The number of carbonyl (C=O) groups is 1. The Bertz CT molecular complexity index is 310. The summed E-state index contributed by atoms with van der Waals surface area (Å²) in [6.07, 6.45) is -0.174. The normalized spacial score (nSPS) is 9.36. The van der Waals surface area contributed by atoms with Gasteiger partial charge in [-0.2, -0.15) is 0 Å². The van der Waals surface area contributed by atoms with E-state index in [0.29, 0.717) is 0 Å². The van der Waals surface area contributed by atoms with Crippen LogP contribution in [0.4, 0.5) is 0 Å². The van der Waals surface area contributed by atoms with Crippen LogP contribution in [0.25, 0.3) is 0 Å². The minimum absolute atomic E-state index is 0. The summed E-state index contributed by atoms with van der Waals surface area (Å²) in [6.45, 7) is 3.52. The number of esters is 1. The van der Waals surface area contributed by atoms with E-state index in [9.17, 15) is 9.90 Å². The molecule has 1 aromatic rings.